The first-order valence-electron chi connectivity index (χ1n) is 4.34. The molecule has 1 aromatic rings. The molecule has 12 heavy (non-hydrogen) atoms. The number of thiol groups is 1. The van der Waals surface area contributed by atoms with E-state index >= 15 is 0 Å². The van der Waals surface area contributed by atoms with Gasteiger partial charge in [0, 0.05) is 4.91 Å². The summed E-state index contributed by atoms with van der Waals surface area (Å²) in [4.78, 5) is 1.20. The Labute approximate surface area is 78.7 Å². The van der Waals surface area contributed by atoms with E-state index < -0.39 is 0 Å². The van der Waals surface area contributed by atoms with E-state index in [0.29, 0.717) is 0 Å². The van der Waals surface area contributed by atoms with E-state index in [1.807, 2.05) is 6.07 Å². The number of hydrogen-bond donors (Lipinski definition) is 1. The van der Waals surface area contributed by atoms with E-state index in [2.05, 4.69) is 36.9 Å². The van der Waals surface area contributed by atoms with E-state index in [1.165, 1.54) is 35.3 Å². The molecule has 1 aliphatic carbocycles. The minimum Gasteiger partial charge on any atom is -0.143 e. The maximum Gasteiger partial charge on any atom is 0.0105 e. The van der Waals surface area contributed by atoms with Crippen molar-refractivity contribution in [1.82, 2.24) is 0 Å². The molecule has 0 amide bonds. The average Bonchev–Trinajstić information content (AvgIpc) is 2.03. The number of allylic oxidation sites excluding steroid dienone is 1. The van der Waals surface area contributed by atoms with Crippen LogP contribution in [0.1, 0.15) is 24.8 Å². The van der Waals surface area contributed by atoms with Crippen LogP contribution in [0.2, 0.25) is 0 Å². The molecule has 1 saturated carbocycles. The highest BCUT2D eigenvalue weighted by atomic mass is 32.1. The highest BCUT2D eigenvalue weighted by Crippen LogP contribution is 2.35. The molecule has 0 bridgehead atoms. The Morgan fingerprint density at radius 3 is 2.25 bits per heavy atom. The third-order valence-electron chi connectivity index (χ3n) is 2.34. The van der Waals surface area contributed by atoms with Gasteiger partial charge in [0.05, 0.1) is 0 Å². The zero-order chi connectivity index (χ0) is 8.39. The molecule has 0 nitrogen and oxygen atoms in total. The molecule has 0 N–H and O–H groups in total. The molecule has 0 spiro atoms. The van der Waals surface area contributed by atoms with Crippen LogP contribution in [0.25, 0.3) is 4.91 Å². The molecule has 1 fully saturated rings. The predicted octanol–water partition coefficient (Wildman–Crippen LogP) is 3.51. The van der Waals surface area contributed by atoms with Crippen molar-refractivity contribution >= 4 is 17.5 Å². The lowest BCUT2D eigenvalue weighted by Crippen LogP contribution is -1.98. The van der Waals surface area contributed by atoms with Crippen molar-refractivity contribution in [2.24, 2.45) is 0 Å². The Kier molecular flexibility index (Phi) is 2.22. The first-order chi connectivity index (χ1) is 5.88. The fourth-order valence-corrected chi connectivity index (χ4v) is 1.76. The Bertz CT molecular complexity index is 292. The molecule has 2 rings (SSSR count). The third-order valence-corrected chi connectivity index (χ3v) is 2.91. The van der Waals surface area contributed by atoms with Crippen molar-refractivity contribution in [3.63, 3.8) is 0 Å². The molecule has 0 heterocycles. The fourth-order valence-electron chi connectivity index (χ4n) is 1.39. The molecule has 0 aliphatic heterocycles. The van der Waals surface area contributed by atoms with E-state index in [4.69, 9.17) is 0 Å². The van der Waals surface area contributed by atoms with Crippen molar-refractivity contribution in [1.29, 1.82) is 0 Å². The van der Waals surface area contributed by atoms with Gasteiger partial charge in [-0.05, 0) is 24.8 Å². The monoisotopic (exact) mass is 176 g/mol. The molecule has 0 unspecified atom stereocenters. The Balaban J connectivity index is 2.31. The molecule has 1 aliphatic rings. The summed E-state index contributed by atoms with van der Waals surface area (Å²) in [6, 6.07) is 10.4. The third kappa shape index (κ3) is 1.42. The van der Waals surface area contributed by atoms with Crippen LogP contribution in [0.15, 0.2) is 35.9 Å². The lowest BCUT2D eigenvalue weighted by atomic mass is 9.90. The van der Waals surface area contributed by atoms with Gasteiger partial charge in [-0.15, -0.1) is 12.6 Å². The van der Waals surface area contributed by atoms with Gasteiger partial charge in [0.25, 0.3) is 0 Å². The molecule has 0 saturated heterocycles. The van der Waals surface area contributed by atoms with E-state index in [0.717, 1.165) is 0 Å². The second-order valence-electron chi connectivity index (χ2n) is 3.17. The summed E-state index contributed by atoms with van der Waals surface area (Å²) in [5.41, 5.74) is 2.78. The molecular formula is C11H12S. The summed E-state index contributed by atoms with van der Waals surface area (Å²) in [6.07, 6.45) is 3.83. The minimum atomic E-state index is 1.20. The van der Waals surface area contributed by atoms with Crippen LogP contribution in [0, 0.1) is 0 Å². The van der Waals surface area contributed by atoms with Gasteiger partial charge in [-0.1, -0.05) is 35.9 Å². The normalized spacial score (nSPS) is 15.6. The van der Waals surface area contributed by atoms with Gasteiger partial charge in [-0.2, -0.15) is 0 Å². The van der Waals surface area contributed by atoms with Gasteiger partial charge >= 0.3 is 0 Å². The van der Waals surface area contributed by atoms with Gasteiger partial charge in [0.1, 0.15) is 0 Å². The van der Waals surface area contributed by atoms with Gasteiger partial charge in [-0.25, -0.2) is 0 Å². The zero-order valence-corrected chi connectivity index (χ0v) is 7.85. The smallest absolute Gasteiger partial charge is 0.0105 e. The molecule has 0 radical (unpaired) electrons. The first kappa shape index (κ1) is 7.93. The van der Waals surface area contributed by atoms with Crippen molar-refractivity contribution in [3.8, 4) is 0 Å². The number of benzene rings is 1. The van der Waals surface area contributed by atoms with Crippen LogP contribution < -0.4 is 0 Å². The molecule has 0 atom stereocenters. The van der Waals surface area contributed by atoms with Crippen LogP contribution >= 0.6 is 12.6 Å². The fraction of sp³-hybridized carbons (Fsp3) is 0.273. The molecule has 0 aromatic heterocycles. The van der Waals surface area contributed by atoms with E-state index in [9.17, 15) is 0 Å². The van der Waals surface area contributed by atoms with Crippen molar-refractivity contribution in [2.75, 3.05) is 0 Å². The summed E-state index contributed by atoms with van der Waals surface area (Å²) >= 11 is 4.53. The van der Waals surface area contributed by atoms with Crippen molar-refractivity contribution < 1.29 is 0 Å². The van der Waals surface area contributed by atoms with Crippen LogP contribution in [-0.2, 0) is 0 Å². The van der Waals surface area contributed by atoms with Gasteiger partial charge in [-0.3, -0.25) is 0 Å². The van der Waals surface area contributed by atoms with Gasteiger partial charge < -0.3 is 0 Å². The second kappa shape index (κ2) is 3.36. The number of hydrogen-bond acceptors (Lipinski definition) is 1. The summed E-state index contributed by atoms with van der Waals surface area (Å²) in [6.45, 7) is 0. The molecule has 1 heteroatoms. The second-order valence-corrected chi connectivity index (χ2v) is 3.62. The highest BCUT2D eigenvalue weighted by Gasteiger charge is 2.12. The lowest BCUT2D eigenvalue weighted by molar-refractivity contribution is 0.669. The van der Waals surface area contributed by atoms with E-state index in [1.54, 1.807) is 0 Å². The zero-order valence-electron chi connectivity index (χ0n) is 6.96. The predicted molar refractivity (Wildman–Crippen MR) is 56.2 cm³/mol. The van der Waals surface area contributed by atoms with Gasteiger partial charge in [0.15, 0.2) is 0 Å². The maximum atomic E-state index is 4.53. The Morgan fingerprint density at radius 2 is 1.75 bits per heavy atom. The summed E-state index contributed by atoms with van der Waals surface area (Å²) in [5, 5.41) is 0. The summed E-state index contributed by atoms with van der Waals surface area (Å²) in [7, 11) is 0. The number of rotatable bonds is 1. The largest absolute Gasteiger partial charge is 0.143 e. The SMILES string of the molecule is SC(=C1CCC1)c1ccccc1. The highest BCUT2D eigenvalue weighted by molar-refractivity contribution is 7.90. The van der Waals surface area contributed by atoms with Crippen LogP contribution in [0.4, 0.5) is 0 Å². The Hall–Kier alpha value is -0.690. The van der Waals surface area contributed by atoms with E-state index in [-0.39, 0.29) is 0 Å². The van der Waals surface area contributed by atoms with Crippen LogP contribution in [-0.4, -0.2) is 0 Å². The molecular weight excluding hydrogens is 164 g/mol. The maximum absolute atomic E-state index is 4.53. The van der Waals surface area contributed by atoms with Crippen molar-refractivity contribution in [2.45, 2.75) is 19.3 Å². The van der Waals surface area contributed by atoms with Crippen molar-refractivity contribution in [3.05, 3.63) is 41.5 Å². The van der Waals surface area contributed by atoms with Gasteiger partial charge in [0.2, 0.25) is 0 Å². The standard InChI is InChI=1S/C11H12S/c12-11(10-7-4-8-10)9-5-2-1-3-6-9/h1-3,5-6,12H,4,7-8H2. The molecule has 62 valence electrons. The minimum absolute atomic E-state index is 1.20. The summed E-state index contributed by atoms with van der Waals surface area (Å²) in [5.74, 6) is 0. The average molecular weight is 176 g/mol. The van der Waals surface area contributed by atoms with Crippen LogP contribution in [0.3, 0.4) is 0 Å². The van der Waals surface area contributed by atoms with Crippen LogP contribution in [0.5, 0.6) is 0 Å². The molecule has 1 aromatic carbocycles. The topological polar surface area (TPSA) is 0 Å². The lowest BCUT2D eigenvalue weighted by Gasteiger charge is -2.19. The first-order valence-corrected chi connectivity index (χ1v) is 4.79. The summed E-state index contributed by atoms with van der Waals surface area (Å²) < 4.78 is 0. The quantitative estimate of drug-likeness (QED) is 0.622. The Morgan fingerprint density at radius 1 is 1.08 bits per heavy atom.